The Kier molecular flexibility index (Phi) is 3.03. The van der Waals surface area contributed by atoms with Crippen LogP contribution in [-0.2, 0) is 11.2 Å². The van der Waals surface area contributed by atoms with Gasteiger partial charge in [-0.25, -0.2) is 4.79 Å². The first-order valence-corrected chi connectivity index (χ1v) is 6.42. The monoisotopic (exact) mass is 299 g/mol. The van der Waals surface area contributed by atoms with Gasteiger partial charge in [0.05, 0.1) is 17.5 Å². The largest absolute Gasteiger partial charge is 0.408 e. The molecule has 5 nitrogen and oxygen atoms in total. The smallest absolute Gasteiger partial charge is 0.330 e. The number of aromatic nitrogens is 2. The number of fused-ring (bicyclic) bond motifs is 1. The minimum atomic E-state index is -4.37. The molecule has 1 unspecified atom stereocenters. The standard InChI is InChI=1S/C13H12F3N3O2/c14-13(15,16)10-3-4-19(10)11(20)6-7-1-2-8-9(5-7)18-12(21)17-8/h1-2,5,10H,3-4,6H2,(H2,17,18,21). The van der Waals surface area contributed by atoms with Crippen LogP contribution in [0, 0.1) is 0 Å². The molecule has 21 heavy (non-hydrogen) atoms. The number of hydrogen-bond donors (Lipinski definition) is 2. The summed E-state index contributed by atoms with van der Waals surface area (Å²) in [5, 5.41) is 0. The number of hydrogen-bond acceptors (Lipinski definition) is 2. The van der Waals surface area contributed by atoms with Gasteiger partial charge in [0.15, 0.2) is 0 Å². The molecular weight excluding hydrogens is 287 g/mol. The maximum absolute atomic E-state index is 12.6. The third-order valence-corrected chi connectivity index (χ3v) is 3.65. The summed E-state index contributed by atoms with van der Waals surface area (Å²) in [6.45, 7) is 0.131. The molecule has 8 heteroatoms. The molecular formula is C13H12F3N3O2. The Morgan fingerprint density at radius 3 is 2.62 bits per heavy atom. The molecule has 2 N–H and O–H groups in total. The van der Waals surface area contributed by atoms with Crippen LogP contribution in [-0.4, -0.2) is 39.5 Å². The van der Waals surface area contributed by atoms with Crippen LogP contribution in [0.15, 0.2) is 23.0 Å². The molecule has 1 amide bonds. The summed E-state index contributed by atoms with van der Waals surface area (Å²) in [5.41, 5.74) is 1.32. The van der Waals surface area contributed by atoms with Crippen molar-refractivity contribution in [1.29, 1.82) is 0 Å². The Hall–Kier alpha value is -2.25. The van der Waals surface area contributed by atoms with E-state index in [1.54, 1.807) is 18.2 Å². The topological polar surface area (TPSA) is 69.0 Å². The van der Waals surface area contributed by atoms with Gasteiger partial charge in [-0.05, 0) is 24.1 Å². The van der Waals surface area contributed by atoms with Crippen molar-refractivity contribution in [2.75, 3.05) is 6.54 Å². The quantitative estimate of drug-likeness (QED) is 0.883. The molecule has 1 aromatic carbocycles. The third kappa shape index (κ3) is 2.53. The molecule has 1 aliphatic heterocycles. The predicted molar refractivity (Wildman–Crippen MR) is 68.8 cm³/mol. The van der Waals surface area contributed by atoms with Gasteiger partial charge in [-0.2, -0.15) is 13.2 Å². The number of carbonyl (C=O) groups excluding carboxylic acids is 1. The van der Waals surface area contributed by atoms with E-state index in [1.807, 2.05) is 0 Å². The maximum atomic E-state index is 12.6. The van der Waals surface area contributed by atoms with Crippen LogP contribution < -0.4 is 5.69 Å². The van der Waals surface area contributed by atoms with E-state index >= 15 is 0 Å². The van der Waals surface area contributed by atoms with Gasteiger partial charge in [-0.15, -0.1) is 0 Å². The Morgan fingerprint density at radius 2 is 2.00 bits per heavy atom. The molecule has 1 aromatic heterocycles. The number of rotatable bonds is 2. The predicted octanol–water partition coefficient (Wildman–Crippen LogP) is 1.56. The van der Waals surface area contributed by atoms with E-state index in [1.165, 1.54) is 0 Å². The number of nitrogens with zero attached hydrogens (tertiary/aromatic N) is 1. The third-order valence-electron chi connectivity index (χ3n) is 3.65. The van der Waals surface area contributed by atoms with E-state index in [2.05, 4.69) is 9.97 Å². The number of likely N-dealkylation sites (tertiary alicyclic amines) is 1. The summed E-state index contributed by atoms with van der Waals surface area (Å²) in [6, 6.07) is 3.16. The first-order valence-electron chi connectivity index (χ1n) is 6.42. The lowest BCUT2D eigenvalue weighted by Gasteiger charge is -2.41. The number of alkyl halides is 3. The number of H-pyrrole nitrogens is 2. The lowest BCUT2D eigenvalue weighted by molar-refractivity contribution is -0.212. The SMILES string of the molecule is O=C(Cc1ccc2[nH]c(=O)[nH]c2c1)N1CCC1C(F)(F)F. The van der Waals surface area contributed by atoms with Crippen LogP contribution in [0.2, 0.25) is 0 Å². The molecule has 1 aliphatic rings. The first-order chi connectivity index (χ1) is 9.84. The van der Waals surface area contributed by atoms with Gasteiger partial charge >= 0.3 is 11.9 Å². The van der Waals surface area contributed by atoms with Gasteiger partial charge in [-0.3, -0.25) is 4.79 Å². The number of benzene rings is 1. The highest BCUT2D eigenvalue weighted by molar-refractivity contribution is 5.82. The van der Waals surface area contributed by atoms with Gasteiger partial charge < -0.3 is 14.9 Å². The average Bonchev–Trinajstić information content (AvgIpc) is 2.64. The molecule has 0 spiro atoms. The first kappa shape index (κ1) is 13.7. The molecule has 112 valence electrons. The van der Waals surface area contributed by atoms with Crippen molar-refractivity contribution in [3.05, 3.63) is 34.2 Å². The van der Waals surface area contributed by atoms with E-state index in [-0.39, 0.29) is 25.1 Å². The van der Waals surface area contributed by atoms with Gasteiger partial charge in [0.2, 0.25) is 5.91 Å². The maximum Gasteiger partial charge on any atom is 0.408 e. The molecule has 0 radical (unpaired) electrons. The van der Waals surface area contributed by atoms with Gasteiger partial charge in [-0.1, -0.05) is 6.07 Å². The second-order valence-corrected chi connectivity index (χ2v) is 5.07. The highest BCUT2D eigenvalue weighted by Crippen LogP contribution is 2.33. The fourth-order valence-corrected chi connectivity index (χ4v) is 2.49. The summed E-state index contributed by atoms with van der Waals surface area (Å²) >= 11 is 0. The highest BCUT2D eigenvalue weighted by atomic mass is 19.4. The Bertz CT molecular complexity index is 747. The minimum absolute atomic E-state index is 0.0423. The van der Waals surface area contributed by atoms with E-state index in [0.29, 0.717) is 16.6 Å². The zero-order valence-corrected chi connectivity index (χ0v) is 10.8. The summed E-state index contributed by atoms with van der Waals surface area (Å²) in [6.07, 6.45) is -4.53. The fourth-order valence-electron chi connectivity index (χ4n) is 2.49. The van der Waals surface area contributed by atoms with Crippen LogP contribution >= 0.6 is 0 Å². The number of aromatic amines is 2. The molecule has 1 fully saturated rings. The molecule has 3 rings (SSSR count). The lowest BCUT2D eigenvalue weighted by Crippen LogP contribution is -2.58. The number of carbonyl (C=O) groups is 1. The fraction of sp³-hybridized carbons (Fsp3) is 0.385. The van der Waals surface area contributed by atoms with Gasteiger partial charge in [0.25, 0.3) is 0 Å². The summed E-state index contributed by atoms with van der Waals surface area (Å²) < 4.78 is 37.9. The normalized spacial score (nSPS) is 18.8. The van der Waals surface area contributed by atoms with Gasteiger partial charge in [0.1, 0.15) is 6.04 Å². The van der Waals surface area contributed by atoms with Crippen molar-refractivity contribution in [3.8, 4) is 0 Å². The molecule has 0 aliphatic carbocycles. The summed E-state index contributed by atoms with van der Waals surface area (Å²) in [7, 11) is 0. The van der Waals surface area contributed by atoms with Crippen molar-refractivity contribution < 1.29 is 18.0 Å². The zero-order chi connectivity index (χ0) is 15.2. The van der Waals surface area contributed by atoms with Crippen LogP contribution in [0.4, 0.5) is 13.2 Å². The Balaban J connectivity index is 1.76. The Morgan fingerprint density at radius 1 is 1.29 bits per heavy atom. The van der Waals surface area contributed by atoms with E-state index in [4.69, 9.17) is 0 Å². The van der Waals surface area contributed by atoms with Crippen LogP contribution in [0.1, 0.15) is 12.0 Å². The van der Waals surface area contributed by atoms with E-state index in [9.17, 15) is 22.8 Å². The van der Waals surface area contributed by atoms with Crippen LogP contribution in [0.5, 0.6) is 0 Å². The molecule has 2 heterocycles. The number of imidazole rings is 1. The second kappa shape index (κ2) is 4.64. The highest BCUT2D eigenvalue weighted by Gasteiger charge is 2.50. The van der Waals surface area contributed by atoms with Crippen molar-refractivity contribution in [1.82, 2.24) is 14.9 Å². The summed E-state index contributed by atoms with van der Waals surface area (Å²) in [4.78, 5) is 29.0. The zero-order valence-electron chi connectivity index (χ0n) is 10.8. The average molecular weight is 299 g/mol. The van der Waals surface area contributed by atoms with E-state index in [0.717, 1.165) is 4.90 Å². The number of halogens is 3. The minimum Gasteiger partial charge on any atom is -0.330 e. The van der Waals surface area contributed by atoms with E-state index < -0.39 is 18.1 Å². The molecule has 0 saturated carbocycles. The van der Waals surface area contributed by atoms with Crippen molar-refractivity contribution in [2.24, 2.45) is 0 Å². The van der Waals surface area contributed by atoms with Crippen LogP contribution in [0.25, 0.3) is 11.0 Å². The second-order valence-electron chi connectivity index (χ2n) is 5.07. The number of amides is 1. The Labute approximate surface area is 116 Å². The van der Waals surface area contributed by atoms with Crippen LogP contribution in [0.3, 0.4) is 0 Å². The van der Waals surface area contributed by atoms with Gasteiger partial charge in [0, 0.05) is 6.54 Å². The van der Waals surface area contributed by atoms with Crippen molar-refractivity contribution in [3.63, 3.8) is 0 Å². The molecule has 1 atom stereocenters. The lowest BCUT2D eigenvalue weighted by atomic mass is 10.0. The molecule has 1 saturated heterocycles. The molecule has 0 bridgehead atoms. The molecule has 2 aromatic rings. The van der Waals surface area contributed by atoms with Crippen molar-refractivity contribution >= 4 is 16.9 Å². The number of nitrogens with one attached hydrogen (secondary N) is 2. The summed E-state index contributed by atoms with van der Waals surface area (Å²) in [5.74, 6) is -0.555. The van der Waals surface area contributed by atoms with Crippen molar-refractivity contribution in [2.45, 2.75) is 25.1 Å².